The molecule has 3 aromatic carbocycles. The predicted molar refractivity (Wildman–Crippen MR) is 172 cm³/mol. The van der Waals surface area contributed by atoms with Crippen molar-refractivity contribution in [2.45, 2.75) is 71.8 Å². The van der Waals surface area contributed by atoms with Gasteiger partial charge < -0.3 is 10.1 Å². The number of carbonyl (C=O) groups excluding carboxylic acids is 1. The molecule has 218 valence electrons. The fraction of sp³-hybridized carbons (Fsp3) is 0.314. The number of ether oxygens (including phenoxy) is 1. The second-order valence-corrected chi connectivity index (χ2v) is 11.8. The lowest BCUT2D eigenvalue weighted by Gasteiger charge is -2.32. The van der Waals surface area contributed by atoms with Crippen LogP contribution < -0.4 is 15.6 Å². The molecule has 0 spiro atoms. The predicted octanol–water partition coefficient (Wildman–Crippen LogP) is 6.45. The summed E-state index contributed by atoms with van der Waals surface area (Å²) in [6.07, 6.45) is 4.98. The van der Waals surface area contributed by atoms with Crippen molar-refractivity contribution < 1.29 is 9.53 Å². The maximum Gasteiger partial charge on any atom is 0.261 e. The number of aryl methyl sites for hydroxylation is 3. The number of rotatable bonds is 8. The molecule has 2 N–H and O–H groups in total. The van der Waals surface area contributed by atoms with Crippen molar-refractivity contribution >= 4 is 19.5 Å². The van der Waals surface area contributed by atoms with Gasteiger partial charge in [-0.25, -0.2) is 4.98 Å². The first-order valence-electron chi connectivity index (χ1n) is 14.8. The van der Waals surface area contributed by atoms with Gasteiger partial charge in [-0.3, -0.25) is 19.6 Å². The summed E-state index contributed by atoms with van der Waals surface area (Å²) in [5.41, 5.74) is 6.47. The lowest BCUT2D eigenvalue weighted by Crippen LogP contribution is -2.33. The summed E-state index contributed by atoms with van der Waals surface area (Å²) in [4.78, 5) is 30.5. The number of nitrogens with one attached hydrogen (secondary N) is 2. The van der Waals surface area contributed by atoms with Crippen LogP contribution in [0.1, 0.15) is 73.8 Å². The molecule has 1 amide bonds. The van der Waals surface area contributed by atoms with Gasteiger partial charge >= 0.3 is 0 Å². The molecule has 0 saturated heterocycles. The van der Waals surface area contributed by atoms with Gasteiger partial charge in [-0.15, -0.1) is 0 Å². The van der Waals surface area contributed by atoms with Crippen molar-refractivity contribution in [3.8, 4) is 22.6 Å². The Labute approximate surface area is 254 Å². The van der Waals surface area contributed by atoms with Crippen LogP contribution in [0.15, 0.2) is 71.5 Å². The first-order chi connectivity index (χ1) is 20.6. The Hall–Kier alpha value is -4.46. The average molecular weight is 573 g/mol. The van der Waals surface area contributed by atoms with Gasteiger partial charge in [0.2, 0.25) is 7.85 Å². The smallest absolute Gasteiger partial charge is 0.261 e. The molecule has 1 aromatic heterocycles. The third kappa shape index (κ3) is 6.64. The van der Waals surface area contributed by atoms with Gasteiger partial charge in [0.1, 0.15) is 23.0 Å². The average Bonchev–Trinajstić information content (AvgIpc) is 2.97. The summed E-state index contributed by atoms with van der Waals surface area (Å²) in [6, 6.07) is 21.3. The van der Waals surface area contributed by atoms with E-state index >= 15 is 0 Å². The highest BCUT2D eigenvalue weighted by atomic mass is 16.5. The lowest BCUT2D eigenvalue weighted by molar-refractivity contribution is 0.0847. The number of amidine groups is 1. The molecule has 0 saturated carbocycles. The molecule has 1 aliphatic rings. The van der Waals surface area contributed by atoms with E-state index in [1.165, 1.54) is 0 Å². The number of hydrogen-bond donors (Lipinski definition) is 2. The molecular weight excluding hydrogens is 535 g/mol. The van der Waals surface area contributed by atoms with Crippen LogP contribution in [-0.4, -0.2) is 34.6 Å². The molecule has 2 radical (unpaired) electrons. The Bertz CT molecular complexity index is 1740. The van der Waals surface area contributed by atoms with Crippen LogP contribution in [0.4, 0.5) is 4.79 Å². The molecule has 0 fully saturated rings. The van der Waals surface area contributed by atoms with E-state index in [0.717, 1.165) is 71.5 Å². The summed E-state index contributed by atoms with van der Waals surface area (Å²) in [5.74, 6) is 0.715. The first kappa shape index (κ1) is 30.0. The van der Waals surface area contributed by atoms with Gasteiger partial charge in [-0.1, -0.05) is 61.9 Å². The van der Waals surface area contributed by atoms with Crippen LogP contribution >= 0.6 is 0 Å². The zero-order valence-corrected chi connectivity index (χ0v) is 25.3. The van der Waals surface area contributed by atoms with Crippen molar-refractivity contribution in [1.29, 1.82) is 5.41 Å². The largest absolute Gasteiger partial charge is 0.488 e. The number of nitrogens with zero attached hydrogens (tertiary/aromatic N) is 2. The third-order valence-electron chi connectivity index (χ3n) is 7.97. The van der Waals surface area contributed by atoms with Gasteiger partial charge in [-0.05, 0) is 86.9 Å². The Morgan fingerprint density at radius 3 is 2.58 bits per heavy atom. The van der Waals surface area contributed by atoms with Crippen LogP contribution in [0.5, 0.6) is 5.75 Å². The van der Waals surface area contributed by atoms with E-state index in [2.05, 4.69) is 32.2 Å². The van der Waals surface area contributed by atoms with Gasteiger partial charge in [-0.2, -0.15) is 0 Å². The Balaban J connectivity index is 1.50. The summed E-state index contributed by atoms with van der Waals surface area (Å²) in [7, 11) is 5.24. The molecule has 43 heavy (non-hydrogen) atoms. The summed E-state index contributed by atoms with van der Waals surface area (Å²) in [6.45, 7) is 8.23. The summed E-state index contributed by atoms with van der Waals surface area (Å²) in [5, 5.41) is 10.6. The van der Waals surface area contributed by atoms with Crippen LogP contribution in [0, 0.1) is 12.3 Å². The SMILES string of the molecule is [B]C(=O)NC(=N)c1ccccc1-c1ccc(Cc2c(CCCC)nc(C)n(-c3ccc4c(c3)CCC(C)(C)O4)c2=O)cc1. The van der Waals surface area contributed by atoms with E-state index in [1.54, 1.807) is 10.6 Å². The van der Waals surface area contributed by atoms with Crippen LogP contribution in [0.2, 0.25) is 0 Å². The topological polar surface area (TPSA) is 97.1 Å². The number of amides is 1. The number of hydrogen-bond acceptors (Lipinski definition) is 5. The monoisotopic (exact) mass is 572 g/mol. The third-order valence-corrected chi connectivity index (χ3v) is 7.97. The van der Waals surface area contributed by atoms with Gasteiger partial charge in [0.15, 0.2) is 5.81 Å². The molecule has 8 heteroatoms. The lowest BCUT2D eigenvalue weighted by atomic mass is 9.94. The van der Waals surface area contributed by atoms with E-state index in [9.17, 15) is 9.59 Å². The van der Waals surface area contributed by atoms with Crippen molar-refractivity contribution in [3.63, 3.8) is 0 Å². The van der Waals surface area contributed by atoms with Crippen molar-refractivity contribution in [3.05, 3.63) is 111 Å². The Morgan fingerprint density at radius 2 is 1.86 bits per heavy atom. The van der Waals surface area contributed by atoms with Crippen LogP contribution in [0.3, 0.4) is 0 Å². The molecule has 7 nitrogen and oxygen atoms in total. The van der Waals surface area contributed by atoms with Crippen LogP contribution in [0.25, 0.3) is 16.8 Å². The molecule has 0 aliphatic carbocycles. The van der Waals surface area contributed by atoms with E-state index < -0.39 is 5.81 Å². The number of carbonyl (C=O) groups is 1. The summed E-state index contributed by atoms with van der Waals surface area (Å²) >= 11 is 0. The molecule has 4 aromatic rings. The highest BCUT2D eigenvalue weighted by molar-refractivity contribution is 6.58. The second-order valence-electron chi connectivity index (χ2n) is 11.8. The fourth-order valence-electron chi connectivity index (χ4n) is 5.68. The van der Waals surface area contributed by atoms with Gasteiger partial charge in [0.05, 0.1) is 11.4 Å². The van der Waals surface area contributed by atoms with E-state index in [0.29, 0.717) is 23.4 Å². The minimum Gasteiger partial charge on any atom is -0.488 e. The number of aromatic nitrogens is 2. The molecule has 5 rings (SSSR count). The first-order valence-corrected chi connectivity index (χ1v) is 14.8. The zero-order valence-electron chi connectivity index (χ0n) is 25.3. The fourth-order valence-corrected chi connectivity index (χ4v) is 5.68. The van der Waals surface area contributed by atoms with Crippen LogP contribution in [-0.2, 0) is 19.3 Å². The van der Waals surface area contributed by atoms with E-state index in [4.69, 9.17) is 23.0 Å². The second kappa shape index (κ2) is 12.4. The molecule has 1 aliphatic heterocycles. The molecule has 0 unspecified atom stereocenters. The molecule has 2 heterocycles. The van der Waals surface area contributed by atoms with Crippen molar-refractivity contribution in [2.24, 2.45) is 0 Å². The standard InChI is InChI=1S/C35H37BN4O3/c1-5-6-11-30-29(20-23-12-14-24(15-13-23)27-9-7-8-10-28(27)32(37)39-34(36)42)33(41)40(22(2)38-30)26-16-17-31-25(21-26)18-19-35(3,4)43-31/h7-10,12-17,21H,5-6,11,18-20H2,1-4H3,(H2,37,39,42). The highest BCUT2D eigenvalue weighted by Crippen LogP contribution is 2.34. The van der Waals surface area contributed by atoms with E-state index in [1.807, 2.05) is 61.5 Å². The van der Waals surface area contributed by atoms with Crippen molar-refractivity contribution in [2.75, 3.05) is 0 Å². The number of fused-ring (bicyclic) bond motifs is 1. The van der Waals surface area contributed by atoms with Gasteiger partial charge in [0, 0.05) is 17.5 Å². The number of benzene rings is 3. The molecule has 0 atom stereocenters. The highest BCUT2D eigenvalue weighted by Gasteiger charge is 2.27. The Kier molecular flexibility index (Phi) is 8.67. The molecular formula is C35H37BN4O3. The zero-order chi connectivity index (χ0) is 30.7. The minimum atomic E-state index is -0.779. The van der Waals surface area contributed by atoms with Crippen molar-refractivity contribution in [1.82, 2.24) is 14.9 Å². The maximum atomic E-state index is 14.2. The van der Waals surface area contributed by atoms with Gasteiger partial charge in [0.25, 0.3) is 5.56 Å². The number of unbranched alkanes of at least 4 members (excludes halogenated alkanes) is 1. The normalized spacial score (nSPS) is 13.6. The maximum absolute atomic E-state index is 14.2. The van der Waals surface area contributed by atoms with E-state index in [-0.39, 0.29) is 17.0 Å². The Morgan fingerprint density at radius 1 is 1.12 bits per heavy atom. The summed E-state index contributed by atoms with van der Waals surface area (Å²) < 4.78 is 7.91. The quantitative estimate of drug-likeness (QED) is 0.144. The molecule has 0 bridgehead atoms. The minimum absolute atomic E-state index is 0.0454.